The number of carbonyl (C=O) groups excluding carboxylic acids is 2. The lowest BCUT2D eigenvalue weighted by molar-refractivity contribution is -0.118. The zero-order valence-corrected chi connectivity index (χ0v) is 12.2. The summed E-state index contributed by atoms with van der Waals surface area (Å²) in [6.45, 7) is 0.978. The van der Waals surface area contributed by atoms with Crippen molar-refractivity contribution in [2.24, 2.45) is 5.73 Å². The molecule has 21 heavy (non-hydrogen) atoms. The average molecular weight is 291 g/mol. The molecule has 0 saturated carbocycles. The Labute approximate surface area is 124 Å². The maximum Gasteiger partial charge on any atom is 0.227 e. The Morgan fingerprint density at radius 1 is 1.48 bits per heavy atom. The number of nitrogens with two attached hydrogens (primary N) is 1. The third-order valence-electron chi connectivity index (χ3n) is 3.55. The minimum Gasteiger partial charge on any atom is -0.380 e. The number of methoxy groups -OCH3 is 1. The van der Waals surface area contributed by atoms with Gasteiger partial charge < -0.3 is 20.7 Å². The Kier molecular flexibility index (Phi) is 5.30. The van der Waals surface area contributed by atoms with Crippen molar-refractivity contribution in [1.29, 1.82) is 0 Å². The predicted octanol–water partition coefficient (Wildman–Crippen LogP) is 1.12. The van der Waals surface area contributed by atoms with Crippen LogP contribution in [0, 0.1) is 0 Å². The number of benzene rings is 1. The van der Waals surface area contributed by atoms with Crippen LogP contribution in [0.15, 0.2) is 24.3 Å². The van der Waals surface area contributed by atoms with E-state index < -0.39 is 0 Å². The summed E-state index contributed by atoms with van der Waals surface area (Å²) in [5, 5.41) is 2.84. The Hall–Kier alpha value is -1.92. The van der Waals surface area contributed by atoms with Crippen LogP contribution in [0.25, 0.3) is 0 Å². The molecule has 2 rings (SSSR count). The van der Waals surface area contributed by atoms with Gasteiger partial charge >= 0.3 is 0 Å². The summed E-state index contributed by atoms with van der Waals surface area (Å²) >= 11 is 0. The quantitative estimate of drug-likeness (QED) is 0.822. The molecular weight excluding hydrogens is 270 g/mol. The Morgan fingerprint density at radius 2 is 2.24 bits per heavy atom. The number of ether oxygens (including phenoxy) is 1. The van der Waals surface area contributed by atoms with Crippen molar-refractivity contribution in [2.45, 2.75) is 25.4 Å². The van der Waals surface area contributed by atoms with Crippen molar-refractivity contribution >= 4 is 23.2 Å². The number of amides is 2. The van der Waals surface area contributed by atoms with E-state index in [0.717, 1.165) is 12.1 Å². The number of nitrogens with zero attached hydrogens (tertiary/aromatic N) is 1. The fourth-order valence-electron chi connectivity index (χ4n) is 2.39. The largest absolute Gasteiger partial charge is 0.380 e. The number of para-hydroxylation sites is 2. The molecule has 0 aromatic heterocycles. The first-order valence-electron chi connectivity index (χ1n) is 7.07. The van der Waals surface area contributed by atoms with Crippen LogP contribution in [0.2, 0.25) is 0 Å². The van der Waals surface area contributed by atoms with Crippen molar-refractivity contribution in [3.63, 3.8) is 0 Å². The van der Waals surface area contributed by atoms with E-state index in [2.05, 4.69) is 5.32 Å². The summed E-state index contributed by atoms with van der Waals surface area (Å²) in [7, 11) is 1.53. The van der Waals surface area contributed by atoms with Gasteiger partial charge in [-0.25, -0.2) is 0 Å². The molecule has 1 saturated heterocycles. The molecule has 1 aliphatic rings. The van der Waals surface area contributed by atoms with E-state index in [1.165, 1.54) is 7.11 Å². The normalized spacial score (nSPS) is 16.1. The second-order valence-corrected chi connectivity index (χ2v) is 5.01. The van der Waals surface area contributed by atoms with Gasteiger partial charge in [-0.05, 0) is 18.6 Å². The molecule has 1 aromatic carbocycles. The van der Waals surface area contributed by atoms with E-state index in [-0.39, 0.29) is 30.9 Å². The van der Waals surface area contributed by atoms with E-state index in [0.29, 0.717) is 18.7 Å². The van der Waals surface area contributed by atoms with Crippen LogP contribution < -0.4 is 16.0 Å². The number of anilines is 2. The molecule has 1 atom stereocenters. The fraction of sp³-hybridized carbons (Fsp3) is 0.467. The van der Waals surface area contributed by atoms with Gasteiger partial charge in [0.2, 0.25) is 11.8 Å². The van der Waals surface area contributed by atoms with Gasteiger partial charge in [0.25, 0.3) is 0 Å². The van der Waals surface area contributed by atoms with Gasteiger partial charge in [-0.15, -0.1) is 0 Å². The second-order valence-electron chi connectivity index (χ2n) is 5.01. The summed E-state index contributed by atoms with van der Waals surface area (Å²) in [4.78, 5) is 25.6. The van der Waals surface area contributed by atoms with Gasteiger partial charge in [0.05, 0.1) is 23.9 Å². The lowest BCUT2D eigenvalue weighted by Crippen LogP contribution is -2.29. The highest BCUT2D eigenvalue weighted by Gasteiger charge is 2.24. The molecule has 1 fully saturated rings. The second kappa shape index (κ2) is 7.19. The van der Waals surface area contributed by atoms with E-state index in [9.17, 15) is 9.59 Å². The first kappa shape index (κ1) is 15.5. The fourth-order valence-corrected chi connectivity index (χ4v) is 2.39. The van der Waals surface area contributed by atoms with Crippen LogP contribution in [-0.2, 0) is 14.3 Å². The Morgan fingerprint density at radius 3 is 2.86 bits per heavy atom. The molecule has 6 nitrogen and oxygen atoms in total. The molecule has 114 valence electrons. The first-order valence-corrected chi connectivity index (χ1v) is 7.07. The van der Waals surface area contributed by atoms with E-state index in [1.54, 1.807) is 11.0 Å². The van der Waals surface area contributed by atoms with Gasteiger partial charge in [-0.3, -0.25) is 9.59 Å². The molecule has 1 aliphatic heterocycles. The topological polar surface area (TPSA) is 84.7 Å². The molecule has 2 amide bonds. The molecule has 1 aromatic rings. The van der Waals surface area contributed by atoms with Crippen molar-refractivity contribution in [3.8, 4) is 0 Å². The van der Waals surface area contributed by atoms with Crippen LogP contribution in [-0.4, -0.2) is 38.1 Å². The zero-order valence-electron chi connectivity index (χ0n) is 12.2. The van der Waals surface area contributed by atoms with Crippen molar-refractivity contribution in [2.75, 3.05) is 30.4 Å². The number of hydrogen-bond donors (Lipinski definition) is 2. The number of rotatable bonds is 6. The summed E-state index contributed by atoms with van der Waals surface area (Å²) in [5.74, 6) is -0.0835. The molecule has 3 N–H and O–H groups in total. The third kappa shape index (κ3) is 3.80. The highest BCUT2D eigenvalue weighted by molar-refractivity contribution is 6.02. The number of nitrogens with one attached hydrogen (secondary N) is 1. The van der Waals surface area contributed by atoms with Crippen LogP contribution in [0.1, 0.15) is 19.3 Å². The predicted molar refractivity (Wildman–Crippen MR) is 81.1 cm³/mol. The standard InChI is InChI=1S/C15H21N3O3/c1-21-11(10-16)9-14(19)17-12-5-2-3-6-13(12)18-8-4-7-15(18)20/h2-3,5-6,11H,4,7-10,16H2,1H3,(H,17,19). The molecule has 0 bridgehead atoms. The van der Waals surface area contributed by atoms with Crippen LogP contribution in [0.3, 0.4) is 0 Å². The summed E-state index contributed by atoms with van der Waals surface area (Å²) in [6.07, 6.45) is 1.29. The number of hydrogen-bond acceptors (Lipinski definition) is 4. The molecule has 1 heterocycles. The monoisotopic (exact) mass is 291 g/mol. The van der Waals surface area contributed by atoms with E-state index >= 15 is 0 Å². The highest BCUT2D eigenvalue weighted by atomic mass is 16.5. The van der Waals surface area contributed by atoms with Gasteiger partial charge in [0.15, 0.2) is 0 Å². The number of carbonyl (C=O) groups is 2. The van der Waals surface area contributed by atoms with Crippen molar-refractivity contribution in [3.05, 3.63) is 24.3 Å². The van der Waals surface area contributed by atoms with Crippen LogP contribution in [0.5, 0.6) is 0 Å². The van der Waals surface area contributed by atoms with E-state index in [1.807, 2.05) is 18.2 Å². The maximum absolute atomic E-state index is 12.0. The smallest absolute Gasteiger partial charge is 0.227 e. The van der Waals surface area contributed by atoms with E-state index in [4.69, 9.17) is 10.5 Å². The molecule has 6 heteroatoms. The van der Waals surface area contributed by atoms with Gasteiger partial charge in [-0.2, -0.15) is 0 Å². The van der Waals surface area contributed by atoms with Crippen LogP contribution in [0.4, 0.5) is 11.4 Å². The molecule has 0 spiro atoms. The maximum atomic E-state index is 12.0. The average Bonchev–Trinajstić information content (AvgIpc) is 2.91. The van der Waals surface area contributed by atoms with Crippen LogP contribution >= 0.6 is 0 Å². The summed E-state index contributed by atoms with van der Waals surface area (Å²) < 4.78 is 5.10. The minimum absolute atomic E-state index is 0.0911. The SMILES string of the molecule is COC(CN)CC(=O)Nc1ccccc1N1CCCC1=O. The van der Waals surface area contributed by atoms with Gasteiger partial charge in [0, 0.05) is 26.6 Å². The van der Waals surface area contributed by atoms with Gasteiger partial charge in [0.1, 0.15) is 0 Å². The first-order chi connectivity index (χ1) is 10.2. The third-order valence-corrected chi connectivity index (χ3v) is 3.55. The Balaban J connectivity index is 2.10. The lowest BCUT2D eigenvalue weighted by Gasteiger charge is -2.20. The molecular formula is C15H21N3O3. The molecule has 0 aliphatic carbocycles. The molecule has 1 unspecified atom stereocenters. The van der Waals surface area contributed by atoms with Crippen molar-refractivity contribution < 1.29 is 14.3 Å². The zero-order chi connectivity index (χ0) is 15.2. The lowest BCUT2D eigenvalue weighted by atomic mass is 10.2. The molecule has 0 radical (unpaired) electrons. The summed E-state index contributed by atoms with van der Waals surface area (Å²) in [5.41, 5.74) is 6.90. The van der Waals surface area contributed by atoms with Crippen molar-refractivity contribution in [1.82, 2.24) is 0 Å². The Bertz CT molecular complexity index is 515. The summed E-state index contributed by atoms with van der Waals surface area (Å²) in [6, 6.07) is 7.32. The minimum atomic E-state index is -0.300. The highest BCUT2D eigenvalue weighted by Crippen LogP contribution is 2.29. The van der Waals surface area contributed by atoms with Gasteiger partial charge in [-0.1, -0.05) is 12.1 Å².